The molecule has 0 saturated heterocycles. The average Bonchev–Trinajstić information content (AvgIpc) is 3.17. The highest BCUT2D eigenvalue weighted by atomic mass is 19.4. The first-order valence-corrected chi connectivity index (χ1v) is 9.30. The molecule has 0 fully saturated rings. The Morgan fingerprint density at radius 1 is 1.20 bits per heavy atom. The largest absolute Gasteiger partial charge is 0.416 e. The molecule has 156 valence electrons. The maximum Gasteiger partial charge on any atom is 0.416 e. The van der Waals surface area contributed by atoms with Crippen molar-refractivity contribution in [3.63, 3.8) is 0 Å². The van der Waals surface area contributed by atoms with Crippen LogP contribution >= 0.6 is 0 Å². The second-order valence-corrected chi connectivity index (χ2v) is 7.13. The average molecular weight is 416 g/mol. The molecule has 0 unspecified atom stereocenters. The van der Waals surface area contributed by atoms with Crippen LogP contribution in [-0.4, -0.2) is 34.3 Å². The van der Waals surface area contributed by atoms with E-state index in [1.165, 1.54) is 17.0 Å². The molecule has 9 heteroatoms. The van der Waals surface area contributed by atoms with Crippen molar-refractivity contribution in [2.45, 2.75) is 25.7 Å². The molecule has 0 aliphatic carbocycles. The summed E-state index contributed by atoms with van der Waals surface area (Å²) in [5, 5.41) is 4.38. The molecule has 0 radical (unpaired) electrons. The van der Waals surface area contributed by atoms with Crippen LogP contribution < -0.4 is 4.90 Å². The van der Waals surface area contributed by atoms with Crippen molar-refractivity contribution >= 4 is 11.6 Å². The Balaban J connectivity index is 1.72. The van der Waals surface area contributed by atoms with Gasteiger partial charge in [-0.2, -0.15) is 18.3 Å². The molecular weight excluding hydrogens is 397 g/mol. The molecule has 0 spiro atoms. The lowest BCUT2D eigenvalue weighted by atomic mass is 10.0. The van der Waals surface area contributed by atoms with Gasteiger partial charge in [0, 0.05) is 31.1 Å². The second-order valence-electron chi connectivity index (χ2n) is 7.13. The first-order valence-electron chi connectivity index (χ1n) is 9.30. The maximum atomic E-state index is 13.3. The van der Waals surface area contributed by atoms with Crippen LogP contribution in [0.3, 0.4) is 0 Å². The van der Waals surface area contributed by atoms with Gasteiger partial charge < -0.3 is 9.64 Å². The van der Waals surface area contributed by atoms with Crippen molar-refractivity contribution in [3.05, 3.63) is 65.7 Å². The van der Waals surface area contributed by atoms with Gasteiger partial charge in [-0.25, -0.2) is 0 Å². The second kappa shape index (κ2) is 7.56. The summed E-state index contributed by atoms with van der Waals surface area (Å²) in [5.74, 6) is -0.314. The van der Waals surface area contributed by atoms with E-state index in [9.17, 15) is 18.0 Å². The van der Waals surface area contributed by atoms with E-state index in [0.29, 0.717) is 35.8 Å². The normalized spacial score (nSPS) is 16.6. The number of halogens is 3. The van der Waals surface area contributed by atoms with E-state index >= 15 is 0 Å². The molecule has 6 nitrogen and oxygen atoms in total. The number of alkyl halides is 3. The van der Waals surface area contributed by atoms with Gasteiger partial charge in [-0.1, -0.05) is 0 Å². The van der Waals surface area contributed by atoms with Crippen LogP contribution in [0, 0.1) is 0 Å². The minimum absolute atomic E-state index is 0.144. The zero-order valence-electron chi connectivity index (χ0n) is 16.3. The fourth-order valence-electron chi connectivity index (χ4n) is 3.60. The molecule has 1 amide bonds. The van der Waals surface area contributed by atoms with Gasteiger partial charge in [0.2, 0.25) is 0 Å². The van der Waals surface area contributed by atoms with Gasteiger partial charge in [-0.15, -0.1) is 0 Å². The lowest BCUT2D eigenvalue weighted by molar-refractivity contribution is -0.137. The first-order chi connectivity index (χ1) is 14.3. The number of aromatic nitrogens is 3. The molecule has 1 atom stereocenters. The van der Waals surface area contributed by atoms with Crippen LogP contribution in [0.4, 0.5) is 18.9 Å². The van der Waals surface area contributed by atoms with Crippen LogP contribution in [0.2, 0.25) is 0 Å². The Hall–Kier alpha value is -3.20. The van der Waals surface area contributed by atoms with E-state index in [-0.39, 0.29) is 11.9 Å². The van der Waals surface area contributed by atoms with Crippen LogP contribution in [0.15, 0.2) is 48.8 Å². The molecule has 3 aromatic rings. The summed E-state index contributed by atoms with van der Waals surface area (Å²) in [6.07, 6.45) is -1.16. The molecule has 4 rings (SSSR count). The summed E-state index contributed by atoms with van der Waals surface area (Å²) in [4.78, 5) is 19.0. The number of benzene rings is 1. The van der Waals surface area contributed by atoms with Crippen molar-refractivity contribution in [1.29, 1.82) is 0 Å². The van der Waals surface area contributed by atoms with E-state index in [1.54, 1.807) is 30.3 Å². The van der Waals surface area contributed by atoms with Gasteiger partial charge in [-0.3, -0.25) is 14.5 Å². The Labute approximate surface area is 170 Å². The van der Waals surface area contributed by atoms with E-state index < -0.39 is 11.7 Å². The van der Waals surface area contributed by atoms with Gasteiger partial charge in [0.05, 0.1) is 30.1 Å². The Morgan fingerprint density at radius 2 is 1.93 bits per heavy atom. The lowest BCUT2D eigenvalue weighted by Crippen LogP contribution is -2.42. The SMILES string of the molecule is COCc1cc(-c2cnn3c2C(=O)N(c2ccc(C(F)(F)F)cc2)C[C@@H]3C)ccn1. The smallest absolute Gasteiger partial charge is 0.378 e. The Morgan fingerprint density at radius 3 is 2.60 bits per heavy atom. The minimum Gasteiger partial charge on any atom is -0.378 e. The fourth-order valence-corrected chi connectivity index (χ4v) is 3.60. The minimum atomic E-state index is -4.43. The lowest BCUT2D eigenvalue weighted by Gasteiger charge is -2.32. The number of methoxy groups -OCH3 is 1. The van der Waals surface area contributed by atoms with Gasteiger partial charge in [0.25, 0.3) is 5.91 Å². The van der Waals surface area contributed by atoms with Gasteiger partial charge in [0.1, 0.15) is 5.69 Å². The summed E-state index contributed by atoms with van der Waals surface area (Å²) in [6, 6.07) is 8.08. The maximum absolute atomic E-state index is 13.3. The predicted octanol–water partition coefficient (Wildman–Crippen LogP) is 4.33. The molecule has 2 aromatic heterocycles. The number of pyridine rings is 1. The van der Waals surface area contributed by atoms with Gasteiger partial charge >= 0.3 is 6.18 Å². The fraction of sp³-hybridized carbons (Fsp3) is 0.286. The summed E-state index contributed by atoms with van der Waals surface area (Å²) in [6.45, 7) is 2.55. The van der Waals surface area contributed by atoms with Crippen molar-refractivity contribution < 1.29 is 22.7 Å². The monoisotopic (exact) mass is 416 g/mol. The number of carbonyl (C=O) groups is 1. The van der Waals surface area contributed by atoms with Crippen LogP contribution in [0.5, 0.6) is 0 Å². The van der Waals surface area contributed by atoms with E-state index in [0.717, 1.165) is 17.7 Å². The molecule has 1 aliphatic heterocycles. The Bertz CT molecular complexity index is 1080. The zero-order valence-corrected chi connectivity index (χ0v) is 16.3. The molecule has 3 heterocycles. The molecular formula is C21H19F3N4O2. The highest BCUT2D eigenvalue weighted by Crippen LogP contribution is 2.34. The van der Waals surface area contributed by atoms with Crippen molar-refractivity contribution in [2.75, 3.05) is 18.6 Å². The van der Waals surface area contributed by atoms with E-state index in [2.05, 4.69) is 10.1 Å². The molecule has 0 bridgehead atoms. The number of nitrogens with zero attached hydrogens (tertiary/aromatic N) is 4. The number of hydrogen-bond donors (Lipinski definition) is 0. The number of anilines is 1. The van der Waals surface area contributed by atoms with Gasteiger partial charge in [0.15, 0.2) is 0 Å². The van der Waals surface area contributed by atoms with Crippen molar-refractivity contribution in [3.8, 4) is 11.1 Å². The van der Waals surface area contributed by atoms with Crippen LogP contribution in [-0.2, 0) is 17.5 Å². The number of fused-ring (bicyclic) bond motifs is 1. The number of hydrogen-bond acceptors (Lipinski definition) is 4. The number of rotatable bonds is 4. The van der Waals surface area contributed by atoms with Crippen LogP contribution in [0.1, 0.15) is 34.7 Å². The third-order valence-corrected chi connectivity index (χ3v) is 5.03. The molecule has 1 aliphatic rings. The number of carbonyl (C=O) groups excluding carboxylic acids is 1. The zero-order chi connectivity index (χ0) is 21.5. The molecule has 0 N–H and O–H groups in total. The Kier molecular flexibility index (Phi) is 5.07. The van der Waals surface area contributed by atoms with Crippen molar-refractivity contribution in [1.82, 2.24) is 14.8 Å². The van der Waals surface area contributed by atoms with Crippen LogP contribution in [0.25, 0.3) is 11.1 Å². The first kappa shape index (κ1) is 20.1. The van der Waals surface area contributed by atoms with E-state index in [1.807, 2.05) is 13.0 Å². The standard InChI is InChI=1S/C21H19F3N4O2/c1-13-11-27(17-5-3-15(4-6-17)21(22,23)24)20(29)19-18(10-26-28(13)19)14-7-8-25-16(9-14)12-30-2/h3-10,13H,11-12H2,1-2H3/t13-/m0/s1. The summed E-state index contributed by atoms with van der Waals surface area (Å²) in [7, 11) is 1.57. The summed E-state index contributed by atoms with van der Waals surface area (Å²) < 4.78 is 45.4. The van der Waals surface area contributed by atoms with Crippen molar-refractivity contribution in [2.24, 2.45) is 0 Å². The molecule has 30 heavy (non-hydrogen) atoms. The van der Waals surface area contributed by atoms with Gasteiger partial charge in [-0.05, 0) is 48.9 Å². The number of amides is 1. The van der Waals surface area contributed by atoms with E-state index in [4.69, 9.17) is 4.74 Å². The highest BCUT2D eigenvalue weighted by molar-refractivity contribution is 6.09. The summed E-state index contributed by atoms with van der Waals surface area (Å²) in [5.41, 5.74) is 2.18. The quantitative estimate of drug-likeness (QED) is 0.635. The summed E-state index contributed by atoms with van der Waals surface area (Å²) >= 11 is 0. The third-order valence-electron chi connectivity index (χ3n) is 5.03. The third kappa shape index (κ3) is 3.56. The highest BCUT2D eigenvalue weighted by Gasteiger charge is 2.35. The molecule has 0 saturated carbocycles. The number of ether oxygens (including phenoxy) is 1. The predicted molar refractivity (Wildman–Crippen MR) is 104 cm³/mol. The topological polar surface area (TPSA) is 60.3 Å². The molecule has 1 aromatic carbocycles.